The number of aryl methyl sites for hydroxylation is 1. The van der Waals surface area contributed by atoms with Gasteiger partial charge in [-0.15, -0.1) is 11.8 Å². The minimum atomic E-state index is 0.968. The van der Waals surface area contributed by atoms with Crippen molar-refractivity contribution in [3.05, 3.63) is 23.8 Å². The highest BCUT2D eigenvalue weighted by Crippen LogP contribution is 2.41. The average Bonchev–Trinajstić information content (AvgIpc) is 2.77. The van der Waals surface area contributed by atoms with Gasteiger partial charge in [-0.1, -0.05) is 32.3 Å². The van der Waals surface area contributed by atoms with E-state index in [9.17, 15) is 0 Å². The van der Waals surface area contributed by atoms with Crippen molar-refractivity contribution in [2.45, 2.75) is 43.9 Å². The van der Waals surface area contributed by atoms with Crippen molar-refractivity contribution in [3.8, 4) is 0 Å². The molecule has 0 radical (unpaired) electrons. The van der Waals surface area contributed by atoms with Gasteiger partial charge in [0.15, 0.2) is 0 Å². The Balaban J connectivity index is 1.96. The maximum absolute atomic E-state index is 5.67. The summed E-state index contributed by atoms with van der Waals surface area (Å²) >= 11 is 3.19. The summed E-state index contributed by atoms with van der Waals surface area (Å²) < 4.78 is 2.16. The van der Waals surface area contributed by atoms with Crippen LogP contribution in [-0.4, -0.2) is 5.88 Å². The van der Waals surface area contributed by atoms with Crippen LogP contribution in [-0.2, 0) is 6.42 Å². The minimum absolute atomic E-state index is 0.968. The van der Waals surface area contributed by atoms with E-state index >= 15 is 0 Å². The highest BCUT2D eigenvalue weighted by Gasteiger charge is 2.19. The van der Waals surface area contributed by atoms with Gasteiger partial charge in [0.25, 0.3) is 0 Å². The smallest absolute Gasteiger partial charge is 0.0810 e. The molecule has 0 bridgehead atoms. The second-order valence-corrected chi connectivity index (χ2v) is 6.01. The van der Waals surface area contributed by atoms with E-state index in [0.29, 0.717) is 0 Å². The van der Waals surface area contributed by atoms with E-state index in [1.54, 1.807) is 0 Å². The van der Waals surface area contributed by atoms with Gasteiger partial charge in [-0.3, -0.25) is 9.44 Å². The van der Waals surface area contributed by atoms with E-state index in [1.807, 2.05) is 11.8 Å². The lowest BCUT2D eigenvalue weighted by molar-refractivity contribution is 0.667. The molecule has 0 aromatic heterocycles. The average molecular weight is 268 g/mol. The topological polar surface area (TPSA) is 29.3 Å². The summed E-state index contributed by atoms with van der Waals surface area (Å²) in [5.74, 6) is 0.968. The number of unbranched alkanes of at least 4 members (excludes halogenated alkanes) is 3. The first-order chi connectivity index (χ1) is 8.35. The van der Waals surface area contributed by atoms with Crippen LogP contribution in [0.1, 0.15) is 38.2 Å². The van der Waals surface area contributed by atoms with Crippen LogP contribution < -0.4 is 9.44 Å². The van der Waals surface area contributed by atoms with E-state index in [-0.39, 0.29) is 0 Å². The molecule has 0 saturated heterocycles. The molecule has 2 nitrogen and oxygen atoms in total. The van der Waals surface area contributed by atoms with Crippen LogP contribution in [0.25, 0.3) is 0 Å². The van der Waals surface area contributed by atoms with Crippen molar-refractivity contribution in [1.82, 2.24) is 0 Å². The Bertz CT molecular complexity index is 368. The van der Waals surface area contributed by atoms with Gasteiger partial charge in [0, 0.05) is 17.0 Å². The maximum Gasteiger partial charge on any atom is 0.0810 e. The first-order valence-corrected chi connectivity index (χ1v) is 8.07. The van der Waals surface area contributed by atoms with E-state index in [0.717, 1.165) is 5.88 Å². The minimum Gasteiger partial charge on any atom is -0.292 e. The van der Waals surface area contributed by atoms with Crippen LogP contribution >= 0.6 is 23.9 Å². The molecule has 2 rings (SSSR count). The van der Waals surface area contributed by atoms with Crippen LogP contribution in [0.4, 0.5) is 5.69 Å². The molecule has 94 valence electrons. The van der Waals surface area contributed by atoms with E-state index < -0.39 is 0 Å². The third-order valence-electron chi connectivity index (χ3n) is 3.08. The van der Waals surface area contributed by atoms with Gasteiger partial charge in [-0.05, 0) is 30.5 Å². The monoisotopic (exact) mass is 268 g/mol. The molecule has 0 amide bonds. The van der Waals surface area contributed by atoms with Crippen molar-refractivity contribution in [1.29, 1.82) is 0 Å². The number of benzene rings is 1. The Labute approximate surface area is 113 Å². The SMILES string of the molecule is CCCCCCc1ccc2c(c1)N(SN)CS2. The summed E-state index contributed by atoms with van der Waals surface area (Å²) in [5, 5.41) is 5.67. The maximum atomic E-state index is 5.67. The van der Waals surface area contributed by atoms with Crippen LogP contribution in [0.3, 0.4) is 0 Å². The van der Waals surface area contributed by atoms with Crippen LogP contribution in [0.2, 0.25) is 0 Å². The van der Waals surface area contributed by atoms with E-state index in [2.05, 4.69) is 29.4 Å². The summed E-state index contributed by atoms with van der Waals surface area (Å²) in [7, 11) is 0. The molecule has 4 heteroatoms. The molecule has 1 aromatic carbocycles. The highest BCUT2D eigenvalue weighted by atomic mass is 32.2. The van der Waals surface area contributed by atoms with Gasteiger partial charge in [-0.25, -0.2) is 0 Å². The number of nitrogens with two attached hydrogens (primary N) is 1. The summed E-state index contributed by atoms with van der Waals surface area (Å²) in [5.41, 5.74) is 2.75. The van der Waals surface area contributed by atoms with Gasteiger partial charge in [0.1, 0.15) is 0 Å². The summed E-state index contributed by atoms with van der Waals surface area (Å²) in [6, 6.07) is 6.81. The molecule has 0 unspecified atom stereocenters. The second-order valence-electron chi connectivity index (χ2n) is 4.37. The standard InChI is InChI=1S/C13H20N2S2/c1-2-3-4-5-6-11-7-8-13-12(9-11)15(17-14)10-16-13/h7-9H,2-6,10,14H2,1H3. The third-order valence-corrected chi connectivity index (χ3v) is 4.86. The predicted octanol–water partition coefficient (Wildman–Crippen LogP) is 4.20. The zero-order chi connectivity index (χ0) is 12.1. The highest BCUT2D eigenvalue weighted by molar-refractivity contribution is 8.03. The lowest BCUT2D eigenvalue weighted by atomic mass is 10.1. The van der Waals surface area contributed by atoms with Crippen molar-refractivity contribution in [2.24, 2.45) is 5.14 Å². The normalized spacial score (nSPS) is 14.1. The summed E-state index contributed by atoms with van der Waals surface area (Å²) in [6.45, 7) is 2.25. The fourth-order valence-corrected chi connectivity index (χ4v) is 3.68. The fraction of sp³-hybridized carbons (Fsp3) is 0.538. The molecule has 0 aliphatic carbocycles. The predicted molar refractivity (Wildman–Crippen MR) is 79.3 cm³/mol. The van der Waals surface area contributed by atoms with Crippen LogP contribution in [0.15, 0.2) is 23.1 Å². The van der Waals surface area contributed by atoms with Crippen LogP contribution in [0.5, 0.6) is 0 Å². The van der Waals surface area contributed by atoms with Crippen LogP contribution in [0, 0.1) is 0 Å². The summed E-state index contributed by atoms with van der Waals surface area (Å²) in [4.78, 5) is 1.36. The number of fused-ring (bicyclic) bond motifs is 1. The Hall–Kier alpha value is -0.320. The molecular weight excluding hydrogens is 248 g/mol. The lowest BCUT2D eigenvalue weighted by Gasteiger charge is -2.13. The largest absolute Gasteiger partial charge is 0.292 e. The molecular formula is C13H20N2S2. The van der Waals surface area contributed by atoms with Gasteiger partial charge in [0.05, 0.1) is 11.6 Å². The number of thioether (sulfide) groups is 1. The fourth-order valence-electron chi connectivity index (χ4n) is 2.08. The van der Waals surface area contributed by atoms with Crippen molar-refractivity contribution < 1.29 is 0 Å². The molecule has 0 spiro atoms. The van der Waals surface area contributed by atoms with E-state index in [1.165, 1.54) is 60.4 Å². The Kier molecular flexibility index (Phi) is 5.07. The zero-order valence-electron chi connectivity index (χ0n) is 10.3. The molecule has 2 N–H and O–H groups in total. The number of hydrogen-bond acceptors (Lipinski definition) is 4. The zero-order valence-corrected chi connectivity index (χ0v) is 11.9. The first-order valence-electron chi connectivity index (χ1n) is 6.25. The Morgan fingerprint density at radius 2 is 2.24 bits per heavy atom. The molecule has 1 aliphatic heterocycles. The quantitative estimate of drug-likeness (QED) is 0.618. The van der Waals surface area contributed by atoms with Gasteiger partial charge in [-0.2, -0.15) is 0 Å². The van der Waals surface area contributed by atoms with Gasteiger partial charge >= 0.3 is 0 Å². The summed E-state index contributed by atoms with van der Waals surface area (Å²) in [6.07, 6.45) is 6.50. The molecule has 1 heterocycles. The number of hydrogen-bond donors (Lipinski definition) is 1. The molecule has 0 saturated carbocycles. The van der Waals surface area contributed by atoms with Crippen molar-refractivity contribution in [2.75, 3.05) is 10.2 Å². The van der Waals surface area contributed by atoms with E-state index in [4.69, 9.17) is 5.14 Å². The van der Waals surface area contributed by atoms with Gasteiger partial charge < -0.3 is 0 Å². The number of anilines is 1. The number of nitrogens with zero attached hydrogens (tertiary/aromatic N) is 1. The van der Waals surface area contributed by atoms with Crippen molar-refractivity contribution >= 4 is 29.6 Å². The number of rotatable bonds is 6. The Morgan fingerprint density at radius 1 is 1.35 bits per heavy atom. The molecule has 1 aliphatic rings. The first kappa shape index (κ1) is 13.1. The third kappa shape index (κ3) is 3.33. The molecule has 0 atom stereocenters. The molecule has 0 fully saturated rings. The lowest BCUT2D eigenvalue weighted by Crippen LogP contribution is -2.11. The second kappa shape index (κ2) is 6.57. The van der Waals surface area contributed by atoms with Crippen molar-refractivity contribution in [3.63, 3.8) is 0 Å². The Morgan fingerprint density at radius 3 is 3.00 bits per heavy atom. The van der Waals surface area contributed by atoms with Gasteiger partial charge in [0.2, 0.25) is 0 Å². The molecule has 1 aromatic rings. The molecule has 17 heavy (non-hydrogen) atoms.